The van der Waals surface area contributed by atoms with Gasteiger partial charge >= 0.3 is 0 Å². The van der Waals surface area contributed by atoms with Crippen LogP contribution in [-0.2, 0) is 10.0 Å². The predicted octanol–water partition coefficient (Wildman–Crippen LogP) is 4.17. The van der Waals surface area contributed by atoms with Gasteiger partial charge in [0.2, 0.25) is 5.88 Å². The Morgan fingerprint density at radius 3 is 2.23 bits per heavy atom. The summed E-state index contributed by atoms with van der Waals surface area (Å²) in [5.74, 6) is 0.529. The van der Waals surface area contributed by atoms with E-state index in [1.807, 2.05) is 38.1 Å². The van der Waals surface area contributed by atoms with Crippen molar-refractivity contribution < 1.29 is 13.2 Å². The van der Waals surface area contributed by atoms with E-state index in [0.717, 1.165) is 22.3 Å². The van der Waals surface area contributed by atoms with Crippen molar-refractivity contribution in [3.8, 4) is 17.0 Å². The average molecular weight is 368 g/mol. The highest BCUT2D eigenvalue weighted by molar-refractivity contribution is 7.92. The van der Waals surface area contributed by atoms with Gasteiger partial charge in [0.1, 0.15) is 0 Å². The van der Waals surface area contributed by atoms with Gasteiger partial charge in [-0.1, -0.05) is 29.8 Å². The second kappa shape index (κ2) is 7.17. The van der Waals surface area contributed by atoms with Gasteiger partial charge in [-0.2, -0.15) is 0 Å². The molecule has 26 heavy (non-hydrogen) atoms. The molecule has 3 aromatic rings. The average Bonchev–Trinajstić information content (AvgIpc) is 2.64. The van der Waals surface area contributed by atoms with Crippen LogP contribution in [-0.4, -0.2) is 20.5 Å². The van der Waals surface area contributed by atoms with E-state index in [0.29, 0.717) is 11.6 Å². The number of benzene rings is 2. The highest BCUT2D eigenvalue weighted by Gasteiger charge is 2.15. The van der Waals surface area contributed by atoms with Crippen molar-refractivity contribution in [3.05, 3.63) is 71.9 Å². The standard InChI is InChI=1S/C20H20N2O3S/c1-14-4-9-18(10-5-14)26(23,24)22-19-12-16(7-6-15(19)2)17-8-11-20(25-3)21-13-17/h4-13,22H,1-3H3. The van der Waals surface area contributed by atoms with Crippen molar-refractivity contribution in [1.29, 1.82) is 0 Å². The monoisotopic (exact) mass is 368 g/mol. The molecule has 2 aromatic carbocycles. The summed E-state index contributed by atoms with van der Waals surface area (Å²) in [6.45, 7) is 3.78. The number of rotatable bonds is 5. The minimum atomic E-state index is -3.65. The Hall–Kier alpha value is -2.86. The third kappa shape index (κ3) is 3.86. The molecule has 0 spiro atoms. The van der Waals surface area contributed by atoms with E-state index in [9.17, 15) is 8.42 Å². The predicted molar refractivity (Wildman–Crippen MR) is 103 cm³/mol. The van der Waals surface area contributed by atoms with Crippen LogP contribution in [0.4, 0.5) is 5.69 Å². The third-order valence-electron chi connectivity index (χ3n) is 4.09. The molecule has 0 atom stereocenters. The Morgan fingerprint density at radius 1 is 0.923 bits per heavy atom. The number of anilines is 1. The van der Waals surface area contributed by atoms with E-state index in [4.69, 9.17) is 4.74 Å². The van der Waals surface area contributed by atoms with Gasteiger partial charge in [0.15, 0.2) is 0 Å². The molecular formula is C20H20N2O3S. The number of methoxy groups -OCH3 is 1. The molecule has 1 heterocycles. The Balaban J connectivity index is 1.93. The smallest absolute Gasteiger partial charge is 0.261 e. The summed E-state index contributed by atoms with van der Waals surface area (Å²) in [6.07, 6.45) is 1.70. The first-order chi connectivity index (χ1) is 12.4. The molecule has 0 aliphatic rings. The molecule has 0 saturated carbocycles. The SMILES string of the molecule is COc1ccc(-c2ccc(C)c(NS(=O)(=O)c3ccc(C)cc3)c2)cn1. The lowest BCUT2D eigenvalue weighted by Gasteiger charge is -2.13. The zero-order valence-electron chi connectivity index (χ0n) is 14.9. The third-order valence-corrected chi connectivity index (χ3v) is 5.47. The summed E-state index contributed by atoms with van der Waals surface area (Å²) in [5, 5.41) is 0. The molecule has 6 heteroatoms. The van der Waals surface area contributed by atoms with Crippen LogP contribution in [0.5, 0.6) is 5.88 Å². The second-order valence-electron chi connectivity index (χ2n) is 6.04. The summed E-state index contributed by atoms with van der Waals surface area (Å²) in [4.78, 5) is 4.43. The van der Waals surface area contributed by atoms with Crippen molar-refractivity contribution >= 4 is 15.7 Å². The van der Waals surface area contributed by atoms with Gasteiger partial charge in [-0.3, -0.25) is 4.72 Å². The van der Waals surface area contributed by atoms with Crippen molar-refractivity contribution in [2.24, 2.45) is 0 Å². The van der Waals surface area contributed by atoms with Crippen molar-refractivity contribution in [2.45, 2.75) is 18.7 Å². The van der Waals surface area contributed by atoms with Crippen LogP contribution in [0.25, 0.3) is 11.1 Å². The molecule has 0 aliphatic heterocycles. The quantitative estimate of drug-likeness (QED) is 0.734. The Morgan fingerprint density at radius 2 is 1.62 bits per heavy atom. The molecule has 5 nitrogen and oxygen atoms in total. The van der Waals surface area contributed by atoms with E-state index < -0.39 is 10.0 Å². The molecule has 3 rings (SSSR count). The summed E-state index contributed by atoms with van der Waals surface area (Å²) in [6, 6.07) is 16.0. The second-order valence-corrected chi connectivity index (χ2v) is 7.72. The summed E-state index contributed by atoms with van der Waals surface area (Å²) in [5.41, 5.74) is 4.13. The van der Waals surface area contributed by atoms with Gasteiger partial charge in [-0.05, 0) is 49.2 Å². The van der Waals surface area contributed by atoms with Crippen molar-refractivity contribution in [3.63, 3.8) is 0 Å². The maximum atomic E-state index is 12.7. The van der Waals surface area contributed by atoms with Crippen LogP contribution in [0.2, 0.25) is 0 Å². The van der Waals surface area contributed by atoms with Crippen LogP contribution in [0, 0.1) is 13.8 Å². The molecule has 134 valence electrons. The molecule has 0 bridgehead atoms. The molecule has 0 unspecified atom stereocenters. The topological polar surface area (TPSA) is 68.3 Å². The molecule has 1 N–H and O–H groups in total. The van der Waals surface area contributed by atoms with Crippen molar-refractivity contribution in [2.75, 3.05) is 11.8 Å². The molecule has 0 amide bonds. The van der Waals surface area contributed by atoms with Gasteiger partial charge in [0, 0.05) is 17.8 Å². The Bertz CT molecular complexity index is 1010. The minimum Gasteiger partial charge on any atom is -0.481 e. The number of hydrogen-bond donors (Lipinski definition) is 1. The van der Waals surface area contributed by atoms with E-state index in [1.165, 1.54) is 0 Å². The van der Waals surface area contributed by atoms with Crippen LogP contribution in [0.3, 0.4) is 0 Å². The highest BCUT2D eigenvalue weighted by Crippen LogP contribution is 2.27. The van der Waals surface area contributed by atoms with Gasteiger partial charge in [0.05, 0.1) is 17.7 Å². The van der Waals surface area contributed by atoms with Gasteiger partial charge in [0.25, 0.3) is 10.0 Å². The van der Waals surface area contributed by atoms with Gasteiger partial charge in [-0.15, -0.1) is 0 Å². The molecular weight excluding hydrogens is 348 g/mol. The first kappa shape index (κ1) is 17.9. The molecule has 0 radical (unpaired) electrons. The van der Waals surface area contributed by atoms with E-state index >= 15 is 0 Å². The van der Waals surface area contributed by atoms with Crippen LogP contribution < -0.4 is 9.46 Å². The molecule has 0 aliphatic carbocycles. The molecule has 0 fully saturated rings. The Labute approximate surface area is 153 Å². The number of hydrogen-bond acceptors (Lipinski definition) is 4. The van der Waals surface area contributed by atoms with E-state index in [-0.39, 0.29) is 4.90 Å². The summed E-state index contributed by atoms with van der Waals surface area (Å²) in [7, 11) is -2.09. The summed E-state index contributed by atoms with van der Waals surface area (Å²) < 4.78 is 33.1. The molecule has 0 saturated heterocycles. The number of sulfonamides is 1. The lowest BCUT2D eigenvalue weighted by molar-refractivity contribution is 0.398. The zero-order valence-corrected chi connectivity index (χ0v) is 15.7. The number of aryl methyl sites for hydroxylation is 2. The molecule has 1 aromatic heterocycles. The zero-order chi connectivity index (χ0) is 18.7. The van der Waals surface area contributed by atoms with Crippen molar-refractivity contribution in [1.82, 2.24) is 4.98 Å². The number of ether oxygens (including phenoxy) is 1. The van der Waals surface area contributed by atoms with Gasteiger partial charge < -0.3 is 4.74 Å². The first-order valence-electron chi connectivity index (χ1n) is 8.09. The number of nitrogens with one attached hydrogen (secondary N) is 1. The maximum absolute atomic E-state index is 12.7. The maximum Gasteiger partial charge on any atom is 0.261 e. The highest BCUT2D eigenvalue weighted by atomic mass is 32.2. The number of pyridine rings is 1. The van der Waals surface area contributed by atoms with Crippen LogP contribution in [0.1, 0.15) is 11.1 Å². The van der Waals surface area contributed by atoms with Gasteiger partial charge in [-0.25, -0.2) is 13.4 Å². The lowest BCUT2D eigenvalue weighted by atomic mass is 10.0. The minimum absolute atomic E-state index is 0.235. The number of aromatic nitrogens is 1. The largest absolute Gasteiger partial charge is 0.481 e. The Kier molecular flexibility index (Phi) is 4.95. The first-order valence-corrected chi connectivity index (χ1v) is 9.58. The summed E-state index contributed by atoms with van der Waals surface area (Å²) >= 11 is 0. The number of nitrogens with zero attached hydrogens (tertiary/aromatic N) is 1. The van der Waals surface area contributed by atoms with Crippen LogP contribution >= 0.6 is 0 Å². The van der Waals surface area contributed by atoms with Crippen LogP contribution in [0.15, 0.2) is 65.7 Å². The fourth-order valence-electron chi connectivity index (χ4n) is 2.50. The normalized spacial score (nSPS) is 11.2. The fourth-order valence-corrected chi connectivity index (χ4v) is 3.63. The van der Waals surface area contributed by atoms with E-state index in [1.54, 1.807) is 43.6 Å². The lowest BCUT2D eigenvalue weighted by Crippen LogP contribution is -2.13. The van der Waals surface area contributed by atoms with E-state index in [2.05, 4.69) is 9.71 Å². The fraction of sp³-hybridized carbons (Fsp3) is 0.150.